The van der Waals surface area contributed by atoms with Gasteiger partial charge in [-0.3, -0.25) is 15.1 Å². The summed E-state index contributed by atoms with van der Waals surface area (Å²) in [5, 5.41) is 19.8. The molecule has 1 amide bonds. The van der Waals surface area contributed by atoms with Crippen molar-refractivity contribution >= 4 is 28.3 Å². The van der Waals surface area contributed by atoms with Crippen LogP contribution >= 0.6 is 0 Å². The molecule has 10 heteroatoms. The first-order valence-electron chi connectivity index (χ1n) is 8.46. The molecule has 0 spiro atoms. The van der Waals surface area contributed by atoms with Crippen LogP contribution in [0.4, 0.5) is 5.95 Å². The van der Waals surface area contributed by atoms with E-state index in [4.69, 9.17) is 0 Å². The molecule has 136 valence electrons. The Labute approximate surface area is 157 Å². The monoisotopic (exact) mass is 371 g/mol. The number of benzene rings is 1. The first kappa shape index (κ1) is 16.0. The molecule has 0 unspecified atom stereocenters. The van der Waals surface area contributed by atoms with Gasteiger partial charge in [-0.2, -0.15) is 4.98 Å². The minimum atomic E-state index is -0.318. The quantitative estimate of drug-likeness (QED) is 0.510. The van der Waals surface area contributed by atoms with Crippen molar-refractivity contribution in [1.29, 1.82) is 0 Å². The van der Waals surface area contributed by atoms with Crippen molar-refractivity contribution in [2.45, 2.75) is 6.54 Å². The largest absolute Gasteiger partial charge is 0.292 e. The second-order valence-electron chi connectivity index (χ2n) is 6.12. The van der Waals surface area contributed by atoms with Gasteiger partial charge in [0.1, 0.15) is 12.9 Å². The molecule has 1 N–H and O–H groups in total. The summed E-state index contributed by atoms with van der Waals surface area (Å²) in [6.07, 6.45) is 6.89. The number of tetrazole rings is 1. The Balaban J connectivity index is 1.46. The first-order valence-corrected chi connectivity index (χ1v) is 8.46. The molecular weight excluding hydrogens is 358 g/mol. The third kappa shape index (κ3) is 2.92. The minimum Gasteiger partial charge on any atom is -0.292 e. The summed E-state index contributed by atoms with van der Waals surface area (Å²) >= 11 is 0. The van der Waals surface area contributed by atoms with Gasteiger partial charge in [-0.1, -0.05) is 24.3 Å². The fourth-order valence-corrected chi connectivity index (χ4v) is 3.01. The zero-order valence-corrected chi connectivity index (χ0v) is 14.5. The number of carbonyl (C=O) groups excluding carboxylic acids is 1. The highest BCUT2D eigenvalue weighted by Gasteiger charge is 2.11. The van der Waals surface area contributed by atoms with E-state index < -0.39 is 0 Å². The molecule has 10 nitrogen and oxygen atoms in total. The van der Waals surface area contributed by atoms with E-state index in [9.17, 15) is 4.79 Å². The molecule has 0 bridgehead atoms. The van der Waals surface area contributed by atoms with Crippen LogP contribution < -0.4 is 5.32 Å². The number of anilines is 1. The van der Waals surface area contributed by atoms with E-state index in [0.717, 1.165) is 21.9 Å². The summed E-state index contributed by atoms with van der Waals surface area (Å²) < 4.78 is 2.94. The van der Waals surface area contributed by atoms with Crippen LogP contribution in [0.2, 0.25) is 0 Å². The van der Waals surface area contributed by atoms with E-state index in [-0.39, 0.29) is 18.4 Å². The second-order valence-corrected chi connectivity index (χ2v) is 6.12. The Bertz CT molecular complexity index is 1290. The molecule has 1 aromatic carbocycles. The van der Waals surface area contributed by atoms with Crippen molar-refractivity contribution in [3.8, 4) is 11.1 Å². The van der Waals surface area contributed by atoms with Gasteiger partial charge in [-0.05, 0) is 27.9 Å². The highest BCUT2D eigenvalue weighted by molar-refractivity contribution is 5.95. The van der Waals surface area contributed by atoms with Crippen molar-refractivity contribution in [3.05, 3.63) is 61.3 Å². The minimum absolute atomic E-state index is 0.0184. The average Bonchev–Trinajstić information content (AvgIpc) is 3.36. The van der Waals surface area contributed by atoms with Crippen LogP contribution in [-0.4, -0.2) is 45.7 Å². The maximum absolute atomic E-state index is 12.1. The molecule has 0 aliphatic carbocycles. The zero-order valence-electron chi connectivity index (χ0n) is 14.5. The summed E-state index contributed by atoms with van der Waals surface area (Å²) in [5.74, 6) is -0.104. The van der Waals surface area contributed by atoms with Gasteiger partial charge in [0.05, 0.1) is 0 Å². The lowest BCUT2D eigenvalue weighted by molar-refractivity contribution is -0.117. The lowest BCUT2D eigenvalue weighted by atomic mass is 10.0. The van der Waals surface area contributed by atoms with Gasteiger partial charge in [0.15, 0.2) is 5.65 Å². The standard InChI is InChI=1S/C18H13N9O/c28-17(10-26-11-20-24-25-26)22-18-21-16-6-5-13(9-27(16)23-18)15-8-19-7-12-3-1-2-4-14(12)15/h1-9,11H,10H2,(H,22,23,28). The molecule has 0 aliphatic heterocycles. The number of aromatic nitrogens is 8. The molecule has 0 saturated carbocycles. The van der Waals surface area contributed by atoms with E-state index in [1.807, 2.05) is 48.9 Å². The van der Waals surface area contributed by atoms with Crippen LogP contribution in [-0.2, 0) is 11.3 Å². The number of hydrogen-bond donors (Lipinski definition) is 1. The van der Waals surface area contributed by atoms with Gasteiger partial charge in [0.2, 0.25) is 11.9 Å². The maximum atomic E-state index is 12.1. The summed E-state index contributed by atoms with van der Waals surface area (Å²) in [6, 6.07) is 11.9. The molecule has 5 rings (SSSR count). The van der Waals surface area contributed by atoms with Crippen molar-refractivity contribution < 1.29 is 4.79 Å². The third-order valence-corrected chi connectivity index (χ3v) is 4.26. The number of amides is 1. The SMILES string of the molecule is O=C(Cn1cnnn1)Nc1nc2ccc(-c3cncc4ccccc34)cn2n1. The molecular formula is C18H13N9O. The predicted molar refractivity (Wildman–Crippen MR) is 100 cm³/mol. The topological polar surface area (TPSA) is 116 Å². The molecule has 0 atom stereocenters. The fourth-order valence-electron chi connectivity index (χ4n) is 3.01. The molecule has 5 aromatic rings. The van der Waals surface area contributed by atoms with Crippen LogP contribution in [0.15, 0.2) is 61.3 Å². The van der Waals surface area contributed by atoms with E-state index in [2.05, 4.69) is 42.0 Å². The second kappa shape index (κ2) is 6.50. The number of hydrogen-bond acceptors (Lipinski definition) is 7. The molecule has 4 aromatic heterocycles. The number of nitrogens with zero attached hydrogens (tertiary/aromatic N) is 8. The predicted octanol–water partition coefficient (Wildman–Crippen LogP) is 1.57. The van der Waals surface area contributed by atoms with Crippen LogP contribution in [0.5, 0.6) is 0 Å². The van der Waals surface area contributed by atoms with E-state index in [1.54, 1.807) is 4.52 Å². The molecule has 0 radical (unpaired) electrons. The molecule has 4 heterocycles. The maximum Gasteiger partial charge on any atom is 0.249 e. The summed E-state index contributed by atoms with van der Waals surface area (Å²) in [4.78, 5) is 20.7. The van der Waals surface area contributed by atoms with Gasteiger partial charge in [0, 0.05) is 35.1 Å². The van der Waals surface area contributed by atoms with Crippen LogP contribution in [0.25, 0.3) is 27.5 Å². The number of pyridine rings is 2. The summed E-state index contributed by atoms with van der Waals surface area (Å²) in [6.45, 7) is -0.0184. The highest BCUT2D eigenvalue weighted by atomic mass is 16.2. The van der Waals surface area contributed by atoms with Crippen molar-refractivity contribution in [3.63, 3.8) is 0 Å². The van der Waals surface area contributed by atoms with Gasteiger partial charge in [-0.25, -0.2) is 9.20 Å². The molecule has 28 heavy (non-hydrogen) atoms. The van der Waals surface area contributed by atoms with Crippen LogP contribution in [0, 0.1) is 0 Å². The normalized spacial score (nSPS) is 11.1. The lowest BCUT2D eigenvalue weighted by Crippen LogP contribution is -2.19. The van der Waals surface area contributed by atoms with Gasteiger partial charge < -0.3 is 0 Å². The first-order chi connectivity index (χ1) is 13.8. The number of carbonyl (C=O) groups is 1. The number of fused-ring (bicyclic) bond motifs is 2. The average molecular weight is 371 g/mol. The Morgan fingerprint density at radius 3 is 2.93 bits per heavy atom. The Morgan fingerprint density at radius 1 is 1.11 bits per heavy atom. The number of rotatable bonds is 4. The Hall–Kier alpha value is -4.21. The Morgan fingerprint density at radius 2 is 2.04 bits per heavy atom. The summed E-state index contributed by atoms with van der Waals surface area (Å²) in [5.41, 5.74) is 2.57. The molecule has 0 aliphatic rings. The van der Waals surface area contributed by atoms with E-state index in [0.29, 0.717) is 5.65 Å². The fraction of sp³-hybridized carbons (Fsp3) is 0.0556. The van der Waals surface area contributed by atoms with Gasteiger partial charge in [-0.15, -0.1) is 10.2 Å². The van der Waals surface area contributed by atoms with Crippen LogP contribution in [0.1, 0.15) is 0 Å². The van der Waals surface area contributed by atoms with Crippen molar-refractivity contribution in [2.24, 2.45) is 0 Å². The van der Waals surface area contributed by atoms with Gasteiger partial charge >= 0.3 is 0 Å². The van der Waals surface area contributed by atoms with E-state index in [1.165, 1.54) is 11.0 Å². The Kier molecular flexibility index (Phi) is 3.72. The smallest absolute Gasteiger partial charge is 0.249 e. The zero-order chi connectivity index (χ0) is 18.9. The number of nitrogens with one attached hydrogen (secondary N) is 1. The van der Waals surface area contributed by atoms with Crippen LogP contribution in [0.3, 0.4) is 0 Å². The van der Waals surface area contributed by atoms with Crippen molar-refractivity contribution in [1.82, 2.24) is 39.8 Å². The highest BCUT2D eigenvalue weighted by Crippen LogP contribution is 2.27. The summed E-state index contributed by atoms with van der Waals surface area (Å²) in [7, 11) is 0. The lowest BCUT2D eigenvalue weighted by Gasteiger charge is -2.06. The van der Waals surface area contributed by atoms with E-state index >= 15 is 0 Å². The van der Waals surface area contributed by atoms with Crippen molar-refractivity contribution in [2.75, 3.05) is 5.32 Å². The van der Waals surface area contributed by atoms with Gasteiger partial charge in [0.25, 0.3) is 0 Å². The molecule has 0 saturated heterocycles. The third-order valence-electron chi connectivity index (χ3n) is 4.26. The molecule has 0 fully saturated rings.